The molecule has 2 amide bonds. The lowest BCUT2D eigenvalue weighted by Crippen LogP contribution is -2.61. The lowest BCUT2D eigenvalue weighted by Gasteiger charge is -2.44. The topological polar surface area (TPSA) is 49.9 Å². The fourth-order valence-corrected chi connectivity index (χ4v) is 4.63. The van der Waals surface area contributed by atoms with Crippen LogP contribution < -0.4 is 4.74 Å². The number of benzene rings is 2. The van der Waals surface area contributed by atoms with Crippen molar-refractivity contribution in [1.82, 2.24) is 9.80 Å². The second-order valence-corrected chi connectivity index (χ2v) is 7.76. The Hall–Kier alpha value is -2.89. The summed E-state index contributed by atoms with van der Waals surface area (Å²) in [6, 6.07) is 14.1. The zero-order valence-electron chi connectivity index (χ0n) is 16.6. The molecule has 0 N–H and O–H groups in total. The predicted molar refractivity (Wildman–Crippen MR) is 107 cm³/mol. The first-order valence-corrected chi connectivity index (χ1v) is 10.0. The molecule has 0 radical (unpaired) electrons. The summed E-state index contributed by atoms with van der Waals surface area (Å²) in [5.41, 5.74) is 0.504. The van der Waals surface area contributed by atoms with Gasteiger partial charge in [-0.15, -0.1) is 0 Å². The average molecular weight is 396 g/mol. The number of hydrogen-bond donors (Lipinski definition) is 0. The summed E-state index contributed by atoms with van der Waals surface area (Å²) < 4.78 is 19.1. The molecular formula is C23H25FN2O3. The van der Waals surface area contributed by atoms with Crippen LogP contribution in [0.3, 0.4) is 0 Å². The van der Waals surface area contributed by atoms with Crippen molar-refractivity contribution in [3.05, 3.63) is 65.5 Å². The Morgan fingerprint density at radius 3 is 2.52 bits per heavy atom. The second kappa shape index (κ2) is 7.85. The molecule has 2 aromatic carbocycles. The van der Waals surface area contributed by atoms with Crippen LogP contribution in [0.1, 0.15) is 41.6 Å². The van der Waals surface area contributed by atoms with Gasteiger partial charge in [0.05, 0.1) is 7.11 Å². The van der Waals surface area contributed by atoms with E-state index in [0.717, 1.165) is 18.4 Å². The Bertz CT molecular complexity index is 918. The minimum atomic E-state index is -0.819. The highest BCUT2D eigenvalue weighted by molar-refractivity contribution is 6.00. The van der Waals surface area contributed by atoms with Crippen LogP contribution >= 0.6 is 0 Å². The number of ether oxygens (including phenoxy) is 1. The third-order valence-electron chi connectivity index (χ3n) is 6.05. The molecule has 29 heavy (non-hydrogen) atoms. The molecule has 2 aromatic rings. The molecule has 2 fully saturated rings. The number of hydrogen-bond acceptors (Lipinski definition) is 3. The quantitative estimate of drug-likeness (QED) is 0.793. The normalized spacial score (nSPS) is 21.7. The van der Waals surface area contributed by atoms with Gasteiger partial charge in [0.25, 0.3) is 5.91 Å². The largest absolute Gasteiger partial charge is 0.494 e. The smallest absolute Gasteiger partial charge is 0.254 e. The first-order valence-electron chi connectivity index (χ1n) is 10.0. The molecule has 2 aliphatic rings. The standard InChI is InChI=1S/C23H25FN2O3/c1-29-20-10-9-18(15-19(20)24)21(27)26-14-6-12-23(26)11-5-13-25(22(23)28)16-17-7-3-2-4-8-17/h2-4,7-10,15H,5-6,11-14,16H2,1H3. The summed E-state index contributed by atoms with van der Waals surface area (Å²) in [4.78, 5) is 30.3. The number of amides is 2. The van der Waals surface area contributed by atoms with Crippen LogP contribution in [-0.4, -0.2) is 47.4 Å². The fourth-order valence-electron chi connectivity index (χ4n) is 4.63. The number of carbonyl (C=O) groups excluding carboxylic acids is 2. The van der Waals surface area contributed by atoms with Gasteiger partial charge in [0.15, 0.2) is 11.6 Å². The van der Waals surface area contributed by atoms with Gasteiger partial charge in [0.2, 0.25) is 5.91 Å². The van der Waals surface area contributed by atoms with Crippen LogP contribution in [0.5, 0.6) is 5.75 Å². The summed E-state index contributed by atoms with van der Waals surface area (Å²) in [6.45, 7) is 1.74. The molecular weight excluding hydrogens is 371 g/mol. The number of halogens is 1. The van der Waals surface area contributed by atoms with Crippen LogP contribution in [0.4, 0.5) is 4.39 Å². The summed E-state index contributed by atoms with van der Waals surface area (Å²) in [5.74, 6) is -0.765. The van der Waals surface area contributed by atoms with Crippen molar-refractivity contribution in [2.45, 2.75) is 37.8 Å². The van der Waals surface area contributed by atoms with Crippen molar-refractivity contribution in [3.8, 4) is 5.75 Å². The van der Waals surface area contributed by atoms with E-state index in [1.807, 2.05) is 35.2 Å². The van der Waals surface area contributed by atoms with Crippen molar-refractivity contribution in [2.24, 2.45) is 0 Å². The molecule has 1 atom stereocenters. The van der Waals surface area contributed by atoms with Gasteiger partial charge in [-0.25, -0.2) is 4.39 Å². The highest BCUT2D eigenvalue weighted by atomic mass is 19.1. The molecule has 152 valence electrons. The molecule has 5 nitrogen and oxygen atoms in total. The summed E-state index contributed by atoms with van der Waals surface area (Å²) in [5, 5.41) is 0. The summed E-state index contributed by atoms with van der Waals surface area (Å²) >= 11 is 0. The van der Waals surface area contributed by atoms with Gasteiger partial charge in [-0.1, -0.05) is 30.3 Å². The Balaban J connectivity index is 1.59. The van der Waals surface area contributed by atoms with E-state index < -0.39 is 11.4 Å². The highest BCUT2D eigenvalue weighted by Gasteiger charge is 2.52. The molecule has 1 unspecified atom stereocenters. The van der Waals surface area contributed by atoms with Crippen LogP contribution in [0.15, 0.2) is 48.5 Å². The monoisotopic (exact) mass is 396 g/mol. The number of piperidine rings is 1. The van der Waals surface area contributed by atoms with Crippen molar-refractivity contribution < 1.29 is 18.7 Å². The van der Waals surface area contributed by atoms with Crippen molar-refractivity contribution in [2.75, 3.05) is 20.2 Å². The van der Waals surface area contributed by atoms with Gasteiger partial charge in [-0.05, 0) is 49.4 Å². The maximum Gasteiger partial charge on any atom is 0.254 e. The van der Waals surface area contributed by atoms with Crippen LogP contribution in [0.25, 0.3) is 0 Å². The molecule has 2 heterocycles. The lowest BCUT2D eigenvalue weighted by molar-refractivity contribution is -0.146. The average Bonchev–Trinajstić information content (AvgIpc) is 3.16. The first-order chi connectivity index (χ1) is 14.0. The minimum absolute atomic E-state index is 0.00689. The van der Waals surface area contributed by atoms with Gasteiger partial charge in [0.1, 0.15) is 5.54 Å². The van der Waals surface area contributed by atoms with E-state index in [1.54, 1.807) is 11.0 Å². The van der Waals surface area contributed by atoms with Crippen molar-refractivity contribution >= 4 is 11.8 Å². The molecule has 0 bridgehead atoms. The van der Waals surface area contributed by atoms with E-state index >= 15 is 0 Å². The Morgan fingerprint density at radius 2 is 1.83 bits per heavy atom. The summed E-state index contributed by atoms with van der Waals surface area (Å²) in [7, 11) is 1.39. The van der Waals surface area contributed by atoms with Gasteiger partial charge in [-0.2, -0.15) is 0 Å². The SMILES string of the molecule is COc1ccc(C(=O)N2CCCC23CCCN(Cc2ccccc2)C3=O)cc1F. The highest BCUT2D eigenvalue weighted by Crippen LogP contribution is 2.39. The Morgan fingerprint density at radius 1 is 1.10 bits per heavy atom. The first kappa shape index (κ1) is 19.4. The number of nitrogens with zero attached hydrogens (tertiary/aromatic N) is 2. The van der Waals surface area contributed by atoms with E-state index in [1.165, 1.54) is 19.2 Å². The van der Waals surface area contributed by atoms with Crippen LogP contribution in [0.2, 0.25) is 0 Å². The van der Waals surface area contributed by atoms with Gasteiger partial charge < -0.3 is 14.5 Å². The molecule has 1 spiro atoms. The van der Waals surface area contributed by atoms with E-state index in [9.17, 15) is 14.0 Å². The number of carbonyl (C=O) groups is 2. The molecule has 2 aliphatic heterocycles. The second-order valence-electron chi connectivity index (χ2n) is 7.76. The van der Waals surface area contributed by atoms with Gasteiger partial charge in [-0.3, -0.25) is 9.59 Å². The van der Waals surface area contributed by atoms with Gasteiger partial charge >= 0.3 is 0 Å². The minimum Gasteiger partial charge on any atom is -0.494 e. The Labute approximate surface area is 170 Å². The molecule has 0 aromatic heterocycles. The maximum atomic E-state index is 14.1. The third-order valence-corrected chi connectivity index (χ3v) is 6.05. The molecule has 6 heteroatoms. The van der Waals surface area contributed by atoms with Crippen LogP contribution in [0, 0.1) is 5.82 Å². The zero-order valence-corrected chi connectivity index (χ0v) is 16.6. The fraction of sp³-hybridized carbons (Fsp3) is 0.391. The predicted octanol–water partition coefficient (Wildman–Crippen LogP) is 3.63. The molecule has 0 saturated carbocycles. The van der Waals surface area contributed by atoms with Crippen LogP contribution in [-0.2, 0) is 11.3 Å². The molecule has 2 saturated heterocycles. The maximum absolute atomic E-state index is 14.1. The number of rotatable bonds is 4. The summed E-state index contributed by atoms with van der Waals surface area (Å²) in [6.07, 6.45) is 2.93. The zero-order chi connectivity index (χ0) is 20.4. The van der Waals surface area contributed by atoms with Crippen molar-refractivity contribution in [1.29, 1.82) is 0 Å². The molecule has 0 aliphatic carbocycles. The number of methoxy groups -OCH3 is 1. The Kier molecular flexibility index (Phi) is 5.26. The van der Waals surface area contributed by atoms with E-state index in [4.69, 9.17) is 4.74 Å². The van der Waals surface area contributed by atoms with E-state index in [-0.39, 0.29) is 23.1 Å². The van der Waals surface area contributed by atoms with Gasteiger partial charge in [0, 0.05) is 25.2 Å². The van der Waals surface area contributed by atoms with E-state index in [2.05, 4.69) is 0 Å². The number of likely N-dealkylation sites (tertiary alicyclic amines) is 2. The third kappa shape index (κ3) is 3.48. The van der Waals surface area contributed by atoms with Crippen molar-refractivity contribution in [3.63, 3.8) is 0 Å². The molecule has 4 rings (SSSR count). The van der Waals surface area contributed by atoms with E-state index in [0.29, 0.717) is 32.5 Å². The lowest BCUT2D eigenvalue weighted by atomic mass is 9.84.